The fourth-order valence-electron chi connectivity index (χ4n) is 1.93. The van der Waals surface area contributed by atoms with Crippen molar-refractivity contribution in [2.75, 3.05) is 6.61 Å². The Bertz CT molecular complexity index is 449. The normalized spacial score (nSPS) is 10.9. The Hall–Kier alpha value is 0.700. The van der Waals surface area contributed by atoms with E-state index in [1.807, 2.05) is 0 Å². The molecule has 0 rings (SSSR count). The first-order valence-electron chi connectivity index (χ1n) is 7.88. The van der Waals surface area contributed by atoms with Crippen LogP contribution in [0.15, 0.2) is 0 Å². The molecule has 6 N–H and O–H groups in total. The zero-order chi connectivity index (χ0) is 18.2. The van der Waals surface area contributed by atoms with E-state index in [4.69, 9.17) is 22.1 Å². The molecule has 25 heavy (non-hydrogen) atoms. The first-order chi connectivity index (χ1) is 10.6. The van der Waals surface area contributed by atoms with Crippen LogP contribution in [-0.2, 0) is 25.0 Å². The van der Waals surface area contributed by atoms with Crippen LogP contribution in [0.25, 0.3) is 0 Å². The van der Waals surface area contributed by atoms with E-state index in [1.165, 1.54) is 51.4 Å². The van der Waals surface area contributed by atoms with Gasteiger partial charge in [-0.1, -0.05) is 71.1 Å². The fraction of sp³-hybridized carbons (Fsp3) is 1.00. The van der Waals surface area contributed by atoms with Gasteiger partial charge in [0.25, 0.3) is 0 Å². The molecule has 0 spiro atoms. The molecule has 0 bridgehead atoms. The Morgan fingerprint density at radius 3 is 1.24 bits per heavy atom. The summed E-state index contributed by atoms with van der Waals surface area (Å²) in [6.07, 6.45) is 13.3. The quantitative estimate of drug-likeness (QED) is 0.199. The summed E-state index contributed by atoms with van der Waals surface area (Å²) in [6.45, 7) is 2.32. The summed E-state index contributed by atoms with van der Waals surface area (Å²) in [5, 5.41) is 0. The summed E-state index contributed by atoms with van der Waals surface area (Å²) < 4.78 is 64.6. The molecule has 9 nitrogen and oxygen atoms in total. The molecular weight excluding hydrogens is 385 g/mol. The van der Waals surface area contributed by atoms with Gasteiger partial charge in [0.15, 0.2) is 0 Å². The summed E-state index contributed by atoms with van der Waals surface area (Å²) in [4.78, 5) is 0. The molecule has 0 aromatic rings. The zero-order valence-corrected chi connectivity index (χ0v) is 16.0. The van der Waals surface area contributed by atoms with Gasteiger partial charge < -0.3 is 6.15 Å². The van der Waals surface area contributed by atoms with Crippen LogP contribution in [0.4, 0.5) is 0 Å². The van der Waals surface area contributed by atoms with Crippen LogP contribution >= 0.6 is 0 Å². The van der Waals surface area contributed by atoms with Crippen molar-refractivity contribution in [3.05, 3.63) is 0 Å². The third-order valence-corrected chi connectivity index (χ3v) is 3.44. The Balaban J connectivity index is -0.000000276. The van der Waals surface area contributed by atoms with Gasteiger partial charge in [-0.3, -0.25) is 13.7 Å². The molecular formula is C13H34NNaO8S2. The van der Waals surface area contributed by atoms with Crippen molar-refractivity contribution in [2.24, 2.45) is 0 Å². The molecule has 12 heteroatoms. The van der Waals surface area contributed by atoms with Crippen molar-refractivity contribution in [3.8, 4) is 0 Å². The van der Waals surface area contributed by atoms with Crippen LogP contribution in [0, 0.1) is 0 Å². The molecule has 0 aliphatic rings. The van der Waals surface area contributed by atoms with Gasteiger partial charge in [0.2, 0.25) is 0 Å². The number of rotatable bonds is 13. The van der Waals surface area contributed by atoms with Crippen molar-refractivity contribution < 1.29 is 34.7 Å². The molecule has 0 atom stereocenters. The molecule has 0 saturated heterocycles. The molecule has 0 heterocycles. The third-order valence-electron chi connectivity index (χ3n) is 2.98. The molecule has 0 aliphatic heterocycles. The first-order valence-corrected chi connectivity index (χ1v) is 10.6. The minimum absolute atomic E-state index is 0. The predicted octanol–water partition coefficient (Wildman–Crippen LogP) is 2.98. The molecule has 0 aromatic carbocycles. The van der Waals surface area contributed by atoms with E-state index < -0.39 is 20.8 Å². The Kier molecular flexibility index (Phi) is 28.0. The van der Waals surface area contributed by atoms with Crippen LogP contribution in [0.2, 0.25) is 0 Å². The first kappa shape index (κ1) is 33.3. The van der Waals surface area contributed by atoms with E-state index in [0.717, 1.165) is 12.8 Å². The zero-order valence-electron chi connectivity index (χ0n) is 14.4. The van der Waals surface area contributed by atoms with Gasteiger partial charge in [0.05, 0.1) is 6.61 Å². The number of unbranched alkanes of at least 4 members (excludes halogenated alkanes) is 10. The van der Waals surface area contributed by atoms with Crippen LogP contribution in [0.1, 0.15) is 77.6 Å². The second kappa shape index (κ2) is 21.0. The van der Waals surface area contributed by atoms with Crippen molar-refractivity contribution in [2.45, 2.75) is 77.6 Å². The average Bonchev–Trinajstić information content (AvgIpc) is 2.37. The monoisotopic (exact) mass is 419 g/mol. The fourth-order valence-corrected chi connectivity index (χ4v) is 2.26. The minimum atomic E-state index is -4.67. The summed E-state index contributed by atoms with van der Waals surface area (Å²) in [6, 6.07) is 0. The summed E-state index contributed by atoms with van der Waals surface area (Å²) in [7, 11) is -8.90. The van der Waals surface area contributed by atoms with Crippen LogP contribution < -0.4 is 6.15 Å². The van der Waals surface area contributed by atoms with Gasteiger partial charge in [-0.05, 0) is 6.42 Å². The van der Waals surface area contributed by atoms with Gasteiger partial charge in [0.1, 0.15) is 0 Å². The van der Waals surface area contributed by atoms with Crippen LogP contribution in [0.5, 0.6) is 0 Å². The molecule has 0 aromatic heterocycles. The van der Waals surface area contributed by atoms with Gasteiger partial charge in [0, 0.05) is 0 Å². The Morgan fingerprint density at radius 1 is 0.680 bits per heavy atom. The van der Waals surface area contributed by atoms with E-state index in [2.05, 4.69) is 11.1 Å². The summed E-state index contributed by atoms with van der Waals surface area (Å²) in [5.74, 6) is 0. The number of hydrogen-bond acceptors (Lipinski definition) is 6. The van der Waals surface area contributed by atoms with Crippen molar-refractivity contribution >= 4 is 50.4 Å². The van der Waals surface area contributed by atoms with Crippen molar-refractivity contribution in [1.82, 2.24) is 6.15 Å². The predicted molar refractivity (Wildman–Crippen MR) is 100 cm³/mol. The second-order valence-electron chi connectivity index (χ2n) is 5.23. The molecule has 0 amide bonds. The van der Waals surface area contributed by atoms with E-state index in [0.29, 0.717) is 6.42 Å². The van der Waals surface area contributed by atoms with Gasteiger partial charge in [-0.15, -0.1) is 0 Å². The molecule has 0 radical (unpaired) electrons. The summed E-state index contributed by atoms with van der Waals surface area (Å²) >= 11 is 0. The third kappa shape index (κ3) is 51.6. The molecule has 152 valence electrons. The Morgan fingerprint density at radius 2 is 0.960 bits per heavy atom. The number of hydrogen-bond donors (Lipinski definition) is 4. The van der Waals surface area contributed by atoms with Crippen LogP contribution in [0.3, 0.4) is 0 Å². The molecule has 0 fully saturated rings. The van der Waals surface area contributed by atoms with Gasteiger partial charge in [-0.25, -0.2) is 4.18 Å². The SMILES string of the molecule is CCCCCCCCCCCCCOS(=O)(=O)O.N.O=S(=O)(O)O.[NaH]. The van der Waals surface area contributed by atoms with E-state index in [9.17, 15) is 8.42 Å². The van der Waals surface area contributed by atoms with E-state index >= 15 is 0 Å². The van der Waals surface area contributed by atoms with Gasteiger partial charge in [-0.2, -0.15) is 16.8 Å². The molecule has 0 saturated carbocycles. The van der Waals surface area contributed by atoms with Crippen molar-refractivity contribution in [3.63, 3.8) is 0 Å². The molecule has 0 aliphatic carbocycles. The van der Waals surface area contributed by atoms with Crippen LogP contribution in [-0.4, -0.2) is 66.7 Å². The molecule has 0 unspecified atom stereocenters. The van der Waals surface area contributed by atoms with E-state index in [-0.39, 0.29) is 42.3 Å². The van der Waals surface area contributed by atoms with Gasteiger partial charge >= 0.3 is 50.4 Å². The topological polar surface area (TPSA) is 173 Å². The summed E-state index contributed by atoms with van der Waals surface area (Å²) in [5.41, 5.74) is 0. The Labute approximate surface area is 174 Å². The average molecular weight is 420 g/mol. The second-order valence-corrected chi connectivity index (χ2v) is 7.22. The maximum atomic E-state index is 10.2. The standard InChI is InChI=1S/C13H28O4S.H3N.Na.H2O4S.H/c1-2-3-4-5-6-7-8-9-10-11-12-13-17-18(14,15)16;;;1-5(2,3)4;/h2-13H2,1H3,(H,14,15,16);1H3;;(H2,1,2,3,4);. The van der Waals surface area contributed by atoms with Crippen molar-refractivity contribution in [1.29, 1.82) is 0 Å². The van der Waals surface area contributed by atoms with E-state index in [1.54, 1.807) is 0 Å². The maximum absolute atomic E-state index is 10.2.